The fourth-order valence-electron chi connectivity index (χ4n) is 8.20. The number of anilines is 1. The molecule has 346 valence electrons. The number of rotatable bonds is 20. The van der Waals surface area contributed by atoms with Crippen LogP contribution >= 0.6 is 0 Å². The number of nitrogens with zero attached hydrogens (tertiary/aromatic N) is 1. The topological polar surface area (TPSA) is 124 Å². The van der Waals surface area contributed by atoms with E-state index in [1.54, 1.807) is 6.07 Å². The molecule has 1 amide bonds. The molecule has 0 aliphatic carbocycles. The van der Waals surface area contributed by atoms with Crippen molar-refractivity contribution in [2.24, 2.45) is 0 Å². The summed E-state index contributed by atoms with van der Waals surface area (Å²) in [6.45, 7) is 14.5. The van der Waals surface area contributed by atoms with E-state index in [-0.39, 0.29) is 68.3 Å². The minimum atomic E-state index is -0.975. The Morgan fingerprint density at radius 2 is 1.51 bits per heavy atom. The summed E-state index contributed by atoms with van der Waals surface area (Å²) < 4.78 is 53.4. The fraction of sp³-hybridized carbons (Fsp3) is 0.415. The third-order valence-corrected chi connectivity index (χ3v) is 10.7. The smallest absolute Gasteiger partial charge is 0.308 e. The summed E-state index contributed by atoms with van der Waals surface area (Å²) in [5, 5.41) is 3.14. The van der Waals surface area contributed by atoms with Gasteiger partial charge in [-0.3, -0.25) is 14.4 Å². The number of esters is 2. The second-order valence-electron chi connectivity index (χ2n) is 18.0. The van der Waals surface area contributed by atoms with Crippen LogP contribution in [-0.4, -0.2) is 65.8 Å². The summed E-state index contributed by atoms with van der Waals surface area (Å²) in [6, 6.07) is 33.0. The Morgan fingerprint density at radius 1 is 0.846 bits per heavy atom. The van der Waals surface area contributed by atoms with Gasteiger partial charge in [0, 0.05) is 54.6 Å². The van der Waals surface area contributed by atoms with Crippen molar-refractivity contribution in [2.45, 2.75) is 123 Å². The lowest BCUT2D eigenvalue weighted by Crippen LogP contribution is -2.46. The maximum absolute atomic E-state index is 15.3. The lowest BCUT2D eigenvalue weighted by atomic mass is 9.94. The molecule has 1 aliphatic heterocycles. The third-order valence-electron chi connectivity index (χ3n) is 10.7. The van der Waals surface area contributed by atoms with Gasteiger partial charge >= 0.3 is 11.9 Å². The van der Waals surface area contributed by atoms with Gasteiger partial charge in [0.1, 0.15) is 30.4 Å². The second kappa shape index (κ2) is 22.4. The average molecular weight is 891 g/mol. The Balaban J connectivity index is 1.31. The molecule has 0 spiro atoms. The first-order valence-electron chi connectivity index (χ1n) is 22.5. The standard InChI is InChI=1S/C53H63FN2O9/c1-36(2)49-48(51(59)55-40-22-15-10-16-23-40)47(38-20-13-9-14-21-38)50(56(49)28-27-41-33-42(64-53(6,7)63-41)34-46(58)65-52(3,4)5)43-26-25-39(54)32-44(43)61-31-30-60-29-17-24-45(57)62-35-37-18-11-8-12-19-37/h8-16,18-23,25-26,32,36,41-42H,17,24,27-31,33-35H2,1-7H3,(H,55,59)/t41-,42-/m1/s1. The molecule has 4 aromatic carbocycles. The first-order valence-corrected chi connectivity index (χ1v) is 22.5. The summed E-state index contributed by atoms with van der Waals surface area (Å²) >= 11 is 0. The highest BCUT2D eigenvalue weighted by atomic mass is 19.1. The maximum atomic E-state index is 15.3. The van der Waals surface area contributed by atoms with Gasteiger partial charge in [0.15, 0.2) is 5.79 Å². The van der Waals surface area contributed by atoms with E-state index in [0.717, 1.165) is 16.8 Å². The van der Waals surface area contributed by atoms with Crippen LogP contribution in [0.4, 0.5) is 10.1 Å². The van der Waals surface area contributed by atoms with E-state index < -0.39 is 23.3 Å². The molecule has 0 saturated carbocycles. The molecule has 11 nitrogen and oxygen atoms in total. The van der Waals surface area contributed by atoms with E-state index in [0.29, 0.717) is 60.5 Å². The molecule has 0 unspecified atom stereocenters. The zero-order valence-corrected chi connectivity index (χ0v) is 38.7. The van der Waals surface area contributed by atoms with E-state index in [2.05, 4.69) is 23.7 Å². The number of carbonyl (C=O) groups excluding carboxylic acids is 3. The highest BCUT2D eigenvalue weighted by molar-refractivity contribution is 6.12. The Labute approximate surface area is 382 Å². The Morgan fingerprint density at radius 3 is 2.18 bits per heavy atom. The summed E-state index contributed by atoms with van der Waals surface area (Å²) in [5.41, 5.74) is 4.93. The second-order valence-corrected chi connectivity index (χ2v) is 18.0. The predicted molar refractivity (Wildman–Crippen MR) is 249 cm³/mol. The lowest BCUT2D eigenvalue weighted by Gasteiger charge is -2.41. The number of carbonyl (C=O) groups is 3. The first kappa shape index (κ1) is 48.6. The zero-order valence-electron chi connectivity index (χ0n) is 38.7. The summed E-state index contributed by atoms with van der Waals surface area (Å²) in [7, 11) is 0. The molecule has 65 heavy (non-hydrogen) atoms. The van der Waals surface area contributed by atoms with Crippen molar-refractivity contribution in [1.82, 2.24) is 4.57 Å². The molecule has 6 rings (SSSR count). The fourth-order valence-corrected chi connectivity index (χ4v) is 8.20. The molecule has 0 radical (unpaired) electrons. The van der Waals surface area contributed by atoms with Gasteiger partial charge < -0.3 is 38.3 Å². The van der Waals surface area contributed by atoms with E-state index in [4.69, 9.17) is 28.4 Å². The number of ether oxygens (including phenoxy) is 6. The molecular weight excluding hydrogens is 828 g/mol. The van der Waals surface area contributed by atoms with Crippen molar-refractivity contribution in [3.63, 3.8) is 0 Å². The quantitative estimate of drug-likeness (QED) is 0.0601. The van der Waals surface area contributed by atoms with Crippen LogP contribution in [0.15, 0.2) is 109 Å². The predicted octanol–water partition coefficient (Wildman–Crippen LogP) is 11.3. The van der Waals surface area contributed by atoms with Gasteiger partial charge in [0.2, 0.25) is 0 Å². The normalized spacial score (nSPS) is 16.0. The molecular formula is C53H63FN2O9. The molecule has 1 N–H and O–H groups in total. The Hall–Kier alpha value is -5.82. The number of amides is 1. The van der Waals surface area contributed by atoms with E-state index in [1.807, 2.05) is 126 Å². The molecule has 2 heterocycles. The van der Waals surface area contributed by atoms with E-state index >= 15 is 4.39 Å². The van der Waals surface area contributed by atoms with Gasteiger partial charge in [-0.1, -0.05) is 92.7 Å². The van der Waals surface area contributed by atoms with Crippen molar-refractivity contribution in [3.8, 4) is 28.1 Å². The number of para-hydroxylation sites is 1. The SMILES string of the molecule is CC(C)c1c(C(=O)Nc2ccccc2)c(-c2ccccc2)c(-c2ccc(F)cc2OCCOCCCC(=O)OCc2ccccc2)n1CC[C@@H]1C[C@H](CC(=O)OC(C)(C)C)OC(C)(C)O1. The van der Waals surface area contributed by atoms with Crippen molar-refractivity contribution in [3.05, 3.63) is 132 Å². The van der Waals surface area contributed by atoms with E-state index in [9.17, 15) is 14.4 Å². The van der Waals surface area contributed by atoms with Crippen molar-refractivity contribution >= 4 is 23.5 Å². The van der Waals surface area contributed by atoms with Crippen LogP contribution in [0.25, 0.3) is 22.4 Å². The van der Waals surface area contributed by atoms with Gasteiger partial charge in [0.25, 0.3) is 5.91 Å². The largest absolute Gasteiger partial charge is 0.490 e. The van der Waals surface area contributed by atoms with Crippen LogP contribution in [0.1, 0.15) is 108 Å². The average Bonchev–Trinajstić information content (AvgIpc) is 3.60. The molecule has 1 saturated heterocycles. The van der Waals surface area contributed by atoms with Gasteiger partial charge in [-0.25, -0.2) is 4.39 Å². The van der Waals surface area contributed by atoms with Crippen LogP contribution in [0.2, 0.25) is 0 Å². The number of nitrogens with one attached hydrogen (secondary N) is 1. The molecule has 5 aromatic rings. The summed E-state index contributed by atoms with van der Waals surface area (Å²) in [4.78, 5) is 40.1. The minimum absolute atomic E-state index is 0.0792. The summed E-state index contributed by atoms with van der Waals surface area (Å²) in [6.07, 6.45) is 0.938. The zero-order chi connectivity index (χ0) is 46.6. The number of aromatic nitrogens is 1. The van der Waals surface area contributed by atoms with Crippen molar-refractivity contribution in [2.75, 3.05) is 25.1 Å². The minimum Gasteiger partial charge on any atom is -0.490 e. The summed E-state index contributed by atoms with van der Waals surface area (Å²) in [5.74, 6) is -2.27. The number of halogens is 1. The maximum Gasteiger partial charge on any atom is 0.308 e. The molecule has 1 aromatic heterocycles. The van der Waals surface area contributed by atoms with Gasteiger partial charge in [-0.05, 0) is 88.8 Å². The van der Waals surface area contributed by atoms with Crippen molar-refractivity contribution < 1.29 is 47.2 Å². The Bertz CT molecular complexity index is 2340. The van der Waals surface area contributed by atoms with Gasteiger partial charge in [-0.2, -0.15) is 0 Å². The van der Waals surface area contributed by atoms with Gasteiger partial charge in [0.05, 0.1) is 36.5 Å². The van der Waals surface area contributed by atoms with E-state index in [1.165, 1.54) is 12.1 Å². The third kappa shape index (κ3) is 14.1. The van der Waals surface area contributed by atoms with Crippen LogP contribution in [0, 0.1) is 5.82 Å². The lowest BCUT2D eigenvalue weighted by molar-refractivity contribution is -0.301. The van der Waals surface area contributed by atoms with Gasteiger partial charge in [-0.15, -0.1) is 0 Å². The van der Waals surface area contributed by atoms with Crippen LogP contribution < -0.4 is 10.1 Å². The molecule has 0 bridgehead atoms. The van der Waals surface area contributed by atoms with Crippen LogP contribution in [0.3, 0.4) is 0 Å². The molecule has 12 heteroatoms. The number of hydrogen-bond donors (Lipinski definition) is 1. The number of benzene rings is 4. The molecule has 2 atom stereocenters. The molecule has 1 aliphatic rings. The van der Waals surface area contributed by atoms with Crippen molar-refractivity contribution in [1.29, 1.82) is 0 Å². The Kier molecular flexibility index (Phi) is 16.7. The monoisotopic (exact) mass is 890 g/mol. The van der Waals surface area contributed by atoms with Crippen LogP contribution in [-0.2, 0) is 46.4 Å². The molecule has 1 fully saturated rings. The first-order chi connectivity index (χ1) is 31.1. The highest BCUT2D eigenvalue weighted by Crippen LogP contribution is 2.46. The number of hydrogen-bond acceptors (Lipinski definition) is 9. The van der Waals surface area contributed by atoms with Crippen LogP contribution in [0.5, 0.6) is 5.75 Å². The highest BCUT2D eigenvalue weighted by Gasteiger charge is 2.38.